The summed E-state index contributed by atoms with van der Waals surface area (Å²) in [5.41, 5.74) is 2.03. The molecule has 1 spiro atoms. The van der Waals surface area contributed by atoms with Gasteiger partial charge < -0.3 is 24.4 Å². The second-order valence-electron chi connectivity index (χ2n) is 6.68. The van der Waals surface area contributed by atoms with Crippen LogP contribution in [0.4, 0.5) is 11.4 Å². The fourth-order valence-corrected chi connectivity index (χ4v) is 3.53. The number of hydrogen-bond acceptors (Lipinski definition) is 6. The predicted octanol–water partition coefficient (Wildman–Crippen LogP) is 2.69. The number of hydrogen-bond donors (Lipinski definition) is 1. The predicted molar refractivity (Wildman–Crippen MR) is 101 cm³/mol. The van der Waals surface area contributed by atoms with Gasteiger partial charge in [-0.15, -0.1) is 0 Å². The summed E-state index contributed by atoms with van der Waals surface area (Å²) in [6.07, 6.45) is 3.31. The van der Waals surface area contributed by atoms with Crippen LogP contribution in [0.25, 0.3) is 0 Å². The van der Waals surface area contributed by atoms with Crippen molar-refractivity contribution in [3.05, 3.63) is 48.3 Å². The highest BCUT2D eigenvalue weighted by Gasteiger charge is 2.39. The molecule has 2 aliphatic heterocycles. The smallest absolute Gasteiger partial charge is 0.274 e. The summed E-state index contributed by atoms with van der Waals surface area (Å²) in [6.45, 7) is 2.98. The largest absolute Gasteiger partial charge is 0.497 e. The van der Waals surface area contributed by atoms with Crippen LogP contribution in [0.5, 0.6) is 5.75 Å². The Morgan fingerprint density at radius 1 is 1.19 bits per heavy atom. The third kappa shape index (κ3) is 3.89. The monoisotopic (exact) mass is 369 g/mol. The summed E-state index contributed by atoms with van der Waals surface area (Å²) >= 11 is 0. The number of carbonyl (C=O) groups is 1. The number of anilines is 2. The molecular weight excluding hydrogens is 346 g/mol. The van der Waals surface area contributed by atoms with Crippen molar-refractivity contribution in [2.45, 2.75) is 18.6 Å². The van der Waals surface area contributed by atoms with E-state index in [4.69, 9.17) is 14.2 Å². The van der Waals surface area contributed by atoms with Crippen LogP contribution in [0.15, 0.2) is 42.6 Å². The molecule has 2 aromatic rings. The molecule has 0 bridgehead atoms. The summed E-state index contributed by atoms with van der Waals surface area (Å²) in [6, 6.07) is 11.0. The van der Waals surface area contributed by atoms with Gasteiger partial charge in [0.25, 0.3) is 5.91 Å². The maximum Gasteiger partial charge on any atom is 0.274 e. The number of benzene rings is 1. The second-order valence-corrected chi connectivity index (χ2v) is 6.68. The zero-order valence-electron chi connectivity index (χ0n) is 15.3. The number of amides is 1. The maximum atomic E-state index is 12.6. The van der Waals surface area contributed by atoms with Crippen LogP contribution >= 0.6 is 0 Å². The summed E-state index contributed by atoms with van der Waals surface area (Å²) in [7, 11) is 1.59. The van der Waals surface area contributed by atoms with Gasteiger partial charge in [0.2, 0.25) is 0 Å². The lowest BCUT2D eigenvalue weighted by atomic mass is 10.0. The first-order valence-electron chi connectivity index (χ1n) is 9.12. The summed E-state index contributed by atoms with van der Waals surface area (Å²) in [5.74, 6) is 0.0324. The molecule has 27 heavy (non-hydrogen) atoms. The average Bonchev–Trinajstić information content (AvgIpc) is 3.16. The Bertz CT molecular complexity index is 810. The minimum atomic E-state index is -0.407. The molecule has 1 N–H and O–H groups in total. The third-order valence-corrected chi connectivity index (χ3v) is 5.01. The van der Waals surface area contributed by atoms with Gasteiger partial charge in [-0.05, 0) is 24.3 Å². The van der Waals surface area contributed by atoms with E-state index >= 15 is 0 Å². The molecule has 1 aromatic carbocycles. The van der Waals surface area contributed by atoms with Crippen molar-refractivity contribution in [3.8, 4) is 5.75 Å². The minimum Gasteiger partial charge on any atom is -0.497 e. The Morgan fingerprint density at radius 3 is 2.70 bits per heavy atom. The van der Waals surface area contributed by atoms with E-state index in [0.29, 0.717) is 30.3 Å². The molecule has 2 aliphatic rings. The molecule has 1 aromatic heterocycles. The van der Waals surface area contributed by atoms with Crippen LogP contribution in [0.2, 0.25) is 0 Å². The van der Waals surface area contributed by atoms with Gasteiger partial charge in [-0.2, -0.15) is 0 Å². The SMILES string of the molecule is COc1cccc(NC(=O)c2cc(N3CCC4(CC3)OCCO4)ccn2)c1. The lowest BCUT2D eigenvalue weighted by molar-refractivity contribution is -0.169. The Morgan fingerprint density at radius 2 is 1.96 bits per heavy atom. The molecule has 0 unspecified atom stereocenters. The van der Waals surface area contributed by atoms with Crippen molar-refractivity contribution >= 4 is 17.3 Å². The van der Waals surface area contributed by atoms with Gasteiger partial charge in [0, 0.05) is 49.6 Å². The molecular formula is C20H23N3O4. The topological polar surface area (TPSA) is 72.9 Å². The van der Waals surface area contributed by atoms with Gasteiger partial charge >= 0.3 is 0 Å². The van der Waals surface area contributed by atoms with Crippen molar-refractivity contribution in [1.82, 2.24) is 4.98 Å². The second kappa shape index (κ2) is 7.54. The van der Waals surface area contributed by atoms with Crippen molar-refractivity contribution in [2.75, 3.05) is 43.6 Å². The zero-order chi connectivity index (χ0) is 18.7. The van der Waals surface area contributed by atoms with E-state index in [9.17, 15) is 4.79 Å². The van der Waals surface area contributed by atoms with Crippen LogP contribution < -0.4 is 15.0 Å². The third-order valence-electron chi connectivity index (χ3n) is 5.01. The normalized spacial score (nSPS) is 18.5. The summed E-state index contributed by atoms with van der Waals surface area (Å²) in [5, 5.41) is 2.86. The van der Waals surface area contributed by atoms with Gasteiger partial charge in [0.05, 0.1) is 20.3 Å². The highest BCUT2D eigenvalue weighted by atomic mass is 16.7. The molecule has 7 heteroatoms. The molecule has 1 amide bonds. The standard InChI is InChI=1S/C20H23N3O4/c1-25-17-4-2-3-15(13-17)22-19(24)18-14-16(5-8-21-18)23-9-6-20(7-10-23)26-11-12-27-20/h2-5,8,13-14H,6-7,9-12H2,1H3,(H,22,24). The molecule has 142 valence electrons. The first-order chi connectivity index (χ1) is 13.2. The number of rotatable bonds is 4. The van der Waals surface area contributed by atoms with Gasteiger partial charge in [-0.1, -0.05) is 6.07 Å². The number of carbonyl (C=O) groups excluding carboxylic acids is 1. The van der Waals surface area contributed by atoms with Gasteiger partial charge in [0.15, 0.2) is 5.79 Å². The fourth-order valence-electron chi connectivity index (χ4n) is 3.53. The molecule has 0 saturated carbocycles. The van der Waals surface area contributed by atoms with Crippen molar-refractivity contribution in [1.29, 1.82) is 0 Å². The van der Waals surface area contributed by atoms with Crippen molar-refractivity contribution in [3.63, 3.8) is 0 Å². The lowest BCUT2D eigenvalue weighted by Gasteiger charge is -2.38. The molecule has 4 rings (SSSR count). The molecule has 2 fully saturated rings. The van der Waals surface area contributed by atoms with Crippen LogP contribution in [0, 0.1) is 0 Å². The number of piperidine rings is 1. The lowest BCUT2D eigenvalue weighted by Crippen LogP contribution is -2.45. The number of pyridine rings is 1. The molecule has 2 saturated heterocycles. The Balaban J connectivity index is 1.43. The van der Waals surface area contributed by atoms with E-state index in [1.54, 1.807) is 19.4 Å². The number of aromatic nitrogens is 1. The van der Waals surface area contributed by atoms with E-state index in [1.807, 2.05) is 30.3 Å². The first kappa shape index (κ1) is 17.8. The number of nitrogens with zero attached hydrogens (tertiary/aromatic N) is 2. The maximum absolute atomic E-state index is 12.6. The van der Waals surface area contributed by atoms with Crippen LogP contribution in [0.1, 0.15) is 23.3 Å². The number of methoxy groups -OCH3 is 1. The van der Waals surface area contributed by atoms with E-state index in [2.05, 4.69) is 15.2 Å². The Kier molecular flexibility index (Phi) is 4.96. The molecule has 0 radical (unpaired) electrons. The van der Waals surface area contributed by atoms with E-state index < -0.39 is 5.79 Å². The van der Waals surface area contributed by atoms with E-state index in [-0.39, 0.29) is 5.91 Å². The summed E-state index contributed by atoms with van der Waals surface area (Å²) in [4.78, 5) is 19.0. The van der Waals surface area contributed by atoms with Crippen LogP contribution in [-0.2, 0) is 9.47 Å². The highest BCUT2D eigenvalue weighted by Crippen LogP contribution is 2.33. The Labute approximate surface area is 158 Å². The summed E-state index contributed by atoms with van der Waals surface area (Å²) < 4.78 is 16.7. The molecule has 0 atom stereocenters. The molecule has 7 nitrogen and oxygen atoms in total. The Hall–Kier alpha value is -2.64. The highest BCUT2D eigenvalue weighted by molar-refractivity contribution is 6.03. The van der Waals surface area contributed by atoms with Gasteiger partial charge in [-0.3, -0.25) is 9.78 Å². The number of ether oxygens (including phenoxy) is 3. The van der Waals surface area contributed by atoms with E-state index in [0.717, 1.165) is 31.6 Å². The fraction of sp³-hybridized carbons (Fsp3) is 0.400. The van der Waals surface area contributed by atoms with Crippen LogP contribution in [-0.4, -0.2) is 50.1 Å². The van der Waals surface area contributed by atoms with Crippen molar-refractivity contribution < 1.29 is 19.0 Å². The van der Waals surface area contributed by atoms with E-state index in [1.165, 1.54) is 0 Å². The van der Waals surface area contributed by atoms with Crippen molar-refractivity contribution in [2.24, 2.45) is 0 Å². The van der Waals surface area contributed by atoms with Crippen LogP contribution in [0.3, 0.4) is 0 Å². The molecule has 3 heterocycles. The quantitative estimate of drug-likeness (QED) is 0.893. The molecule has 0 aliphatic carbocycles. The first-order valence-corrected chi connectivity index (χ1v) is 9.12. The minimum absolute atomic E-state index is 0.249. The average molecular weight is 369 g/mol. The number of nitrogens with one attached hydrogen (secondary N) is 1. The zero-order valence-corrected chi connectivity index (χ0v) is 15.3. The van der Waals surface area contributed by atoms with Gasteiger partial charge in [0.1, 0.15) is 11.4 Å². The van der Waals surface area contributed by atoms with Gasteiger partial charge in [-0.25, -0.2) is 0 Å².